The number of aromatic hydroxyl groups is 1. The maximum atomic E-state index is 11.0. The molecule has 6 bridgehead atoms. The zero-order chi connectivity index (χ0) is 31.9. The number of fused-ring (bicyclic) bond motifs is 4. The SMILES string of the molecule is CC(C)C[C@H]1CC[C@@]2(C1)C[C@@H]1Cc3ccc(O)cc3CC#C[C@H]3[C@]4(C[C@H]5CC[C@H](CO)[C@@]3(N)[C@@H]5[C@@](C)(C3CCCCC3)O4)[C@@H](C1)C2. The Morgan fingerprint density at radius 3 is 2.59 bits per heavy atom. The molecule has 0 radical (unpaired) electrons. The van der Waals surface area contributed by atoms with Gasteiger partial charge in [0.05, 0.1) is 17.1 Å². The Labute approximate surface area is 279 Å². The molecule has 4 nitrogen and oxygen atoms in total. The van der Waals surface area contributed by atoms with E-state index in [1.807, 2.05) is 12.1 Å². The first kappa shape index (κ1) is 31.7. The smallest absolute Gasteiger partial charge is 0.115 e. The minimum Gasteiger partial charge on any atom is -0.508 e. The minimum absolute atomic E-state index is 0.0660. The second-order valence-corrected chi connectivity index (χ2v) is 18.5. The van der Waals surface area contributed by atoms with Gasteiger partial charge in [0.25, 0.3) is 0 Å². The molecule has 5 saturated carbocycles. The molecule has 0 unspecified atom stereocenters. The number of rotatable bonds is 4. The number of aliphatic hydroxyl groups is 1. The minimum atomic E-state index is -0.543. The largest absolute Gasteiger partial charge is 0.508 e. The highest BCUT2D eigenvalue weighted by atomic mass is 16.5. The number of phenols is 1. The highest BCUT2D eigenvalue weighted by Crippen LogP contribution is 2.71. The molecule has 1 aromatic rings. The quantitative estimate of drug-likeness (QED) is 0.294. The van der Waals surface area contributed by atoms with Gasteiger partial charge in [-0.3, -0.25) is 0 Å². The van der Waals surface area contributed by atoms with Gasteiger partial charge in [-0.05, 0) is 155 Å². The molecule has 4 N–H and O–H groups in total. The van der Waals surface area contributed by atoms with Crippen LogP contribution in [0.5, 0.6) is 5.75 Å². The van der Waals surface area contributed by atoms with E-state index in [-0.39, 0.29) is 35.6 Å². The van der Waals surface area contributed by atoms with Crippen LogP contribution < -0.4 is 5.73 Å². The maximum Gasteiger partial charge on any atom is 0.115 e. The summed E-state index contributed by atoms with van der Waals surface area (Å²) in [7, 11) is 0. The average Bonchev–Trinajstić information content (AvgIpc) is 3.39. The molecule has 46 heavy (non-hydrogen) atoms. The summed E-state index contributed by atoms with van der Waals surface area (Å²) in [4.78, 5) is 0. The first-order valence-corrected chi connectivity index (χ1v) is 19.5. The highest BCUT2D eigenvalue weighted by Gasteiger charge is 2.76. The summed E-state index contributed by atoms with van der Waals surface area (Å²) in [6.07, 6.45) is 20.6. The molecule has 2 aliphatic heterocycles. The summed E-state index contributed by atoms with van der Waals surface area (Å²) in [6, 6.07) is 6.04. The van der Waals surface area contributed by atoms with Crippen LogP contribution in [0.25, 0.3) is 0 Å². The third kappa shape index (κ3) is 4.87. The number of hydrogen-bond donors (Lipinski definition) is 3. The summed E-state index contributed by atoms with van der Waals surface area (Å²) >= 11 is 0. The Bertz CT molecular complexity index is 1370. The van der Waals surface area contributed by atoms with Crippen molar-refractivity contribution in [1.29, 1.82) is 0 Å². The predicted molar refractivity (Wildman–Crippen MR) is 184 cm³/mol. The van der Waals surface area contributed by atoms with Gasteiger partial charge in [0.2, 0.25) is 0 Å². The fraction of sp³-hybridized carbons (Fsp3) is 0.810. The Morgan fingerprint density at radius 2 is 1.80 bits per heavy atom. The Hall–Kier alpha value is -1.54. The number of benzene rings is 1. The molecule has 0 amide bonds. The lowest BCUT2D eigenvalue weighted by molar-refractivity contribution is -0.361. The zero-order valence-corrected chi connectivity index (χ0v) is 29.0. The van der Waals surface area contributed by atoms with Gasteiger partial charge in [-0.25, -0.2) is 0 Å². The molecule has 252 valence electrons. The third-order valence-electron chi connectivity index (χ3n) is 15.4. The molecule has 9 rings (SSSR count). The van der Waals surface area contributed by atoms with Gasteiger partial charge in [-0.1, -0.05) is 51.0 Å². The van der Waals surface area contributed by atoms with E-state index in [0.717, 1.165) is 31.1 Å². The third-order valence-corrected chi connectivity index (χ3v) is 15.4. The van der Waals surface area contributed by atoms with Gasteiger partial charge in [-0.2, -0.15) is 0 Å². The standard InChI is InChI=1S/C42H61NO3/c1-27(2)18-28-16-17-40(22-28)23-29-19-31-13-15-36(45)21-30(31)8-7-11-37-41(35(20-29)25-40)24-32-12-14-34(26-44)42(37,43)38(32)39(3,46-41)33-9-5-4-6-10-33/h13,15,21,27-29,32-35,37-38,44-45H,4-6,8-10,12,14,16-20,22-26,43H2,1-3H3/t28-,29-,32-,34-,35+,37+,38+,39-,40-,41+,42+/m1/s1. The molecule has 7 fully saturated rings. The Morgan fingerprint density at radius 1 is 0.978 bits per heavy atom. The average molecular weight is 628 g/mol. The summed E-state index contributed by atoms with van der Waals surface area (Å²) in [5.41, 5.74) is 9.82. The normalized spacial score (nSPS) is 46.7. The molecule has 6 aliphatic carbocycles. The molecule has 2 spiro atoms. The van der Waals surface area contributed by atoms with Crippen LogP contribution in [0.3, 0.4) is 0 Å². The number of aliphatic hydroxyl groups excluding tert-OH is 1. The van der Waals surface area contributed by atoms with Gasteiger partial charge in [-0.15, -0.1) is 0 Å². The van der Waals surface area contributed by atoms with Crippen LogP contribution in [0.15, 0.2) is 18.2 Å². The van der Waals surface area contributed by atoms with Crippen molar-refractivity contribution in [3.05, 3.63) is 29.3 Å². The van der Waals surface area contributed by atoms with E-state index >= 15 is 0 Å². The topological polar surface area (TPSA) is 75.7 Å². The number of phenolic OH excluding ortho intramolecular Hbond substituents is 1. The van der Waals surface area contributed by atoms with Gasteiger partial charge in [0.1, 0.15) is 5.75 Å². The Balaban J connectivity index is 1.29. The van der Waals surface area contributed by atoms with Crippen molar-refractivity contribution in [2.24, 2.45) is 64.4 Å². The van der Waals surface area contributed by atoms with Crippen molar-refractivity contribution in [3.63, 3.8) is 0 Å². The summed E-state index contributed by atoms with van der Waals surface area (Å²) in [6.45, 7) is 7.44. The summed E-state index contributed by atoms with van der Waals surface area (Å²) < 4.78 is 8.04. The van der Waals surface area contributed by atoms with Crippen LogP contribution in [0.2, 0.25) is 0 Å². The van der Waals surface area contributed by atoms with Crippen LogP contribution in [-0.4, -0.2) is 33.6 Å². The lowest BCUT2D eigenvalue weighted by atomic mass is 9.38. The molecule has 8 aliphatic rings. The monoisotopic (exact) mass is 627 g/mol. The molecule has 11 atom stereocenters. The Kier molecular flexibility index (Phi) is 7.94. The predicted octanol–water partition coefficient (Wildman–Crippen LogP) is 8.20. The lowest BCUT2D eigenvalue weighted by Crippen LogP contribution is -2.84. The molecule has 2 saturated heterocycles. The van der Waals surface area contributed by atoms with Gasteiger partial charge >= 0.3 is 0 Å². The molecule has 2 heterocycles. The highest BCUT2D eigenvalue weighted by molar-refractivity contribution is 5.40. The summed E-state index contributed by atoms with van der Waals surface area (Å²) in [5.74, 6) is 11.9. The maximum absolute atomic E-state index is 11.0. The van der Waals surface area contributed by atoms with Gasteiger partial charge in [0.15, 0.2) is 0 Å². The van der Waals surface area contributed by atoms with E-state index in [1.54, 1.807) is 0 Å². The molecular weight excluding hydrogens is 566 g/mol. The molecular formula is C42H61NO3. The van der Waals surface area contributed by atoms with Crippen molar-refractivity contribution in [1.82, 2.24) is 0 Å². The van der Waals surface area contributed by atoms with Crippen LogP contribution >= 0.6 is 0 Å². The van der Waals surface area contributed by atoms with E-state index < -0.39 is 5.54 Å². The molecule has 4 heteroatoms. The van der Waals surface area contributed by atoms with Gasteiger partial charge in [0, 0.05) is 30.4 Å². The first-order valence-electron chi connectivity index (χ1n) is 19.5. The zero-order valence-electron chi connectivity index (χ0n) is 29.0. The fourth-order valence-electron chi connectivity index (χ4n) is 14.0. The van der Waals surface area contributed by atoms with Crippen LogP contribution in [-0.2, 0) is 17.6 Å². The number of hydrogen-bond acceptors (Lipinski definition) is 4. The fourth-order valence-corrected chi connectivity index (χ4v) is 14.0. The van der Waals surface area contributed by atoms with Crippen LogP contribution in [0, 0.1) is 70.5 Å². The first-order chi connectivity index (χ1) is 22.1. The van der Waals surface area contributed by atoms with E-state index in [9.17, 15) is 10.2 Å². The van der Waals surface area contributed by atoms with E-state index in [1.165, 1.54) is 94.6 Å². The van der Waals surface area contributed by atoms with Crippen molar-refractivity contribution < 1.29 is 14.9 Å². The molecule has 0 aromatic heterocycles. The van der Waals surface area contributed by atoms with Crippen LogP contribution in [0.1, 0.15) is 128 Å². The van der Waals surface area contributed by atoms with E-state index in [4.69, 9.17) is 10.5 Å². The van der Waals surface area contributed by atoms with E-state index in [0.29, 0.717) is 41.3 Å². The number of ether oxygens (including phenoxy) is 1. The van der Waals surface area contributed by atoms with Crippen LogP contribution in [0.4, 0.5) is 0 Å². The molecule has 1 aromatic carbocycles. The van der Waals surface area contributed by atoms with Gasteiger partial charge < -0.3 is 20.7 Å². The summed E-state index contributed by atoms with van der Waals surface area (Å²) in [5, 5.41) is 21.6. The second kappa shape index (κ2) is 11.5. The van der Waals surface area contributed by atoms with Crippen molar-refractivity contribution in [2.75, 3.05) is 6.61 Å². The van der Waals surface area contributed by atoms with Crippen molar-refractivity contribution in [2.45, 2.75) is 147 Å². The second-order valence-electron chi connectivity index (χ2n) is 18.5. The number of nitrogens with two attached hydrogens (primary N) is 1. The van der Waals surface area contributed by atoms with Crippen molar-refractivity contribution in [3.8, 4) is 17.6 Å². The van der Waals surface area contributed by atoms with Crippen molar-refractivity contribution >= 4 is 0 Å². The van der Waals surface area contributed by atoms with E-state index in [2.05, 4.69) is 38.7 Å². The lowest BCUT2D eigenvalue weighted by Gasteiger charge is -2.75.